The smallest absolute Gasteiger partial charge is 0.319 e. The number of carbonyl (C=O) groups is 2. The first-order valence-electron chi connectivity index (χ1n) is 8.08. The Labute approximate surface area is 146 Å². The number of carboxylic acid groups (broad SMARTS) is 1. The third-order valence-corrected chi connectivity index (χ3v) is 3.52. The second kappa shape index (κ2) is 9.32. The van der Waals surface area contributed by atoms with E-state index in [4.69, 9.17) is 9.84 Å². The van der Waals surface area contributed by atoms with Gasteiger partial charge in [-0.15, -0.1) is 0 Å². The van der Waals surface area contributed by atoms with Crippen molar-refractivity contribution in [3.05, 3.63) is 59.7 Å². The van der Waals surface area contributed by atoms with Crippen molar-refractivity contribution in [2.45, 2.75) is 19.8 Å². The number of rotatable bonds is 8. The first-order valence-corrected chi connectivity index (χ1v) is 8.08. The molecule has 0 aliphatic rings. The zero-order valence-corrected chi connectivity index (χ0v) is 14.1. The molecular formula is C19H22N2O4. The van der Waals surface area contributed by atoms with Crippen LogP contribution in [0.5, 0.6) is 5.75 Å². The van der Waals surface area contributed by atoms with Crippen molar-refractivity contribution in [2.75, 3.05) is 18.5 Å². The van der Waals surface area contributed by atoms with Crippen LogP contribution >= 0.6 is 0 Å². The molecule has 2 aromatic carbocycles. The molecule has 0 aromatic heterocycles. The number of hydrogen-bond donors (Lipinski definition) is 3. The first kappa shape index (κ1) is 18.3. The van der Waals surface area contributed by atoms with E-state index in [2.05, 4.69) is 10.6 Å². The standard InChI is InChI=1S/C19H22N2O4/c1-14-5-2-3-6-17(14)25-12-4-11-20-19(24)21-16-9-7-15(8-10-16)13-18(22)23/h2-3,5-10H,4,11-13H2,1H3,(H,22,23)(H2,20,21,24). The fourth-order valence-electron chi connectivity index (χ4n) is 2.23. The van der Waals surface area contributed by atoms with Gasteiger partial charge >= 0.3 is 12.0 Å². The molecule has 0 fully saturated rings. The molecule has 0 bridgehead atoms. The highest BCUT2D eigenvalue weighted by atomic mass is 16.5. The third kappa shape index (κ3) is 6.55. The Bertz CT molecular complexity index is 714. The van der Waals surface area contributed by atoms with Crippen LogP contribution in [0, 0.1) is 6.92 Å². The number of urea groups is 1. The number of para-hydroxylation sites is 1. The lowest BCUT2D eigenvalue weighted by molar-refractivity contribution is -0.136. The van der Waals surface area contributed by atoms with Crippen molar-refractivity contribution < 1.29 is 19.4 Å². The number of ether oxygens (including phenoxy) is 1. The highest BCUT2D eigenvalue weighted by Crippen LogP contribution is 2.16. The summed E-state index contributed by atoms with van der Waals surface area (Å²) in [4.78, 5) is 22.4. The van der Waals surface area contributed by atoms with Crippen molar-refractivity contribution in [2.24, 2.45) is 0 Å². The third-order valence-electron chi connectivity index (χ3n) is 3.52. The van der Waals surface area contributed by atoms with Crippen LogP contribution in [0.3, 0.4) is 0 Å². The maximum Gasteiger partial charge on any atom is 0.319 e. The molecule has 0 aliphatic heterocycles. The number of nitrogens with one attached hydrogen (secondary N) is 2. The van der Waals surface area contributed by atoms with Gasteiger partial charge in [0.25, 0.3) is 0 Å². The zero-order valence-electron chi connectivity index (χ0n) is 14.1. The van der Waals surface area contributed by atoms with Crippen LogP contribution in [0.15, 0.2) is 48.5 Å². The highest BCUT2D eigenvalue weighted by molar-refractivity contribution is 5.89. The fourth-order valence-corrected chi connectivity index (χ4v) is 2.23. The Hall–Kier alpha value is -3.02. The number of carboxylic acids is 1. The Kier molecular flexibility index (Phi) is 6.83. The van der Waals surface area contributed by atoms with Crippen LogP contribution in [0.2, 0.25) is 0 Å². The summed E-state index contributed by atoms with van der Waals surface area (Å²) in [5, 5.41) is 14.2. The lowest BCUT2D eigenvalue weighted by atomic mass is 10.1. The van der Waals surface area contributed by atoms with Crippen molar-refractivity contribution in [1.82, 2.24) is 5.32 Å². The average molecular weight is 342 g/mol. The van der Waals surface area contributed by atoms with E-state index < -0.39 is 5.97 Å². The van der Waals surface area contributed by atoms with Gasteiger partial charge in [-0.1, -0.05) is 30.3 Å². The molecule has 0 spiro atoms. The number of benzene rings is 2. The lowest BCUT2D eigenvalue weighted by Gasteiger charge is -2.10. The summed E-state index contributed by atoms with van der Waals surface area (Å²) in [6.45, 7) is 3.01. The molecule has 6 nitrogen and oxygen atoms in total. The minimum absolute atomic E-state index is 0.0344. The van der Waals surface area contributed by atoms with E-state index in [-0.39, 0.29) is 12.5 Å². The maximum atomic E-state index is 11.8. The van der Waals surface area contributed by atoms with E-state index in [1.165, 1.54) is 0 Å². The Morgan fingerprint density at radius 2 is 1.80 bits per heavy atom. The molecule has 25 heavy (non-hydrogen) atoms. The molecule has 0 atom stereocenters. The van der Waals surface area contributed by atoms with Crippen molar-refractivity contribution in [3.63, 3.8) is 0 Å². The molecule has 132 valence electrons. The topological polar surface area (TPSA) is 87.7 Å². The number of amides is 2. The molecule has 0 aliphatic carbocycles. The monoisotopic (exact) mass is 342 g/mol. The molecule has 2 amide bonds. The summed E-state index contributed by atoms with van der Waals surface area (Å²) >= 11 is 0. The Balaban J connectivity index is 1.65. The van der Waals surface area contributed by atoms with Gasteiger partial charge in [0.2, 0.25) is 0 Å². The summed E-state index contributed by atoms with van der Waals surface area (Å²) < 4.78 is 5.66. The minimum Gasteiger partial charge on any atom is -0.493 e. The van der Waals surface area contributed by atoms with Gasteiger partial charge in [-0.25, -0.2) is 4.79 Å². The van der Waals surface area contributed by atoms with E-state index in [0.717, 1.165) is 11.3 Å². The molecular weight excluding hydrogens is 320 g/mol. The molecule has 0 unspecified atom stereocenters. The van der Waals surface area contributed by atoms with Gasteiger partial charge < -0.3 is 20.5 Å². The SMILES string of the molecule is Cc1ccccc1OCCCNC(=O)Nc1ccc(CC(=O)O)cc1. The molecule has 0 saturated heterocycles. The highest BCUT2D eigenvalue weighted by Gasteiger charge is 2.03. The van der Waals surface area contributed by atoms with Crippen molar-refractivity contribution >= 4 is 17.7 Å². The van der Waals surface area contributed by atoms with Crippen molar-refractivity contribution in [1.29, 1.82) is 0 Å². The van der Waals surface area contributed by atoms with Gasteiger partial charge in [-0.2, -0.15) is 0 Å². The summed E-state index contributed by atoms with van der Waals surface area (Å²) in [5.74, 6) is -0.0280. The van der Waals surface area contributed by atoms with E-state index in [1.54, 1.807) is 24.3 Å². The summed E-state index contributed by atoms with van der Waals surface area (Å²) in [6.07, 6.45) is 0.659. The largest absolute Gasteiger partial charge is 0.493 e. The molecule has 0 heterocycles. The van der Waals surface area contributed by atoms with Crippen LogP contribution in [0.4, 0.5) is 10.5 Å². The van der Waals surface area contributed by atoms with Gasteiger partial charge in [0.15, 0.2) is 0 Å². The molecule has 3 N–H and O–H groups in total. The second-order valence-corrected chi connectivity index (χ2v) is 5.62. The Morgan fingerprint density at radius 3 is 2.48 bits per heavy atom. The van der Waals surface area contributed by atoms with Gasteiger partial charge in [-0.05, 0) is 42.7 Å². The van der Waals surface area contributed by atoms with Crippen LogP contribution < -0.4 is 15.4 Å². The zero-order chi connectivity index (χ0) is 18.1. The molecule has 0 saturated carbocycles. The van der Waals surface area contributed by atoms with Gasteiger partial charge in [0.05, 0.1) is 13.0 Å². The Morgan fingerprint density at radius 1 is 1.08 bits per heavy atom. The lowest BCUT2D eigenvalue weighted by Crippen LogP contribution is -2.30. The number of carbonyl (C=O) groups excluding carboxylic acids is 1. The van der Waals surface area contributed by atoms with Crippen LogP contribution in [-0.4, -0.2) is 30.3 Å². The van der Waals surface area contributed by atoms with Crippen LogP contribution in [-0.2, 0) is 11.2 Å². The molecule has 2 aromatic rings. The predicted octanol–water partition coefficient (Wildman–Crippen LogP) is 3.21. The van der Waals surface area contributed by atoms with E-state index in [0.29, 0.717) is 30.8 Å². The number of anilines is 1. The van der Waals surface area contributed by atoms with Gasteiger partial charge in [-0.3, -0.25) is 4.79 Å². The maximum absolute atomic E-state index is 11.8. The fraction of sp³-hybridized carbons (Fsp3) is 0.263. The number of aliphatic carboxylic acids is 1. The normalized spacial score (nSPS) is 10.1. The van der Waals surface area contributed by atoms with Gasteiger partial charge in [0, 0.05) is 12.2 Å². The predicted molar refractivity (Wildman–Crippen MR) is 96.1 cm³/mol. The molecule has 6 heteroatoms. The summed E-state index contributed by atoms with van der Waals surface area (Å²) in [6, 6.07) is 14.2. The second-order valence-electron chi connectivity index (χ2n) is 5.62. The van der Waals surface area contributed by atoms with Crippen LogP contribution in [0.25, 0.3) is 0 Å². The number of aryl methyl sites for hydroxylation is 1. The number of hydrogen-bond acceptors (Lipinski definition) is 3. The first-order chi connectivity index (χ1) is 12.0. The average Bonchev–Trinajstić information content (AvgIpc) is 2.57. The van der Waals surface area contributed by atoms with E-state index in [9.17, 15) is 9.59 Å². The van der Waals surface area contributed by atoms with E-state index in [1.807, 2.05) is 31.2 Å². The molecule has 0 radical (unpaired) electrons. The van der Waals surface area contributed by atoms with E-state index >= 15 is 0 Å². The summed E-state index contributed by atoms with van der Waals surface area (Å²) in [5.41, 5.74) is 2.38. The molecule has 2 rings (SSSR count). The summed E-state index contributed by atoms with van der Waals surface area (Å²) in [7, 11) is 0. The van der Waals surface area contributed by atoms with Crippen LogP contribution in [0.1, 0.15) is 17.5 Å². The minimum atomic E-state index is -0.883. The van der Waals surface area contributed by atoms with Crippen molar-refractivity contribution in [3.8, 4) is 5.75 Å². The quantitative estimate of drug-likeness (QED) is 0.643. The van der Waals surface area contributed by atoms with Gasteiger partial charge in [0.1, 0.15) is 5.75 Å².